The number of hydrogen-bond acceptors (Lipinski definition) is 3. The molecule has 2 aromatic heterocycles. The zero-order valence-corrected chi connectivity index (χ0v) is 38.2. The van der Waals surface area contributed by atoms with E-state index in [1.165, 1.54) is 16.7 Å². The SMILES string of the molecule is Cc1ccnc2c(-c3[c-]c(-c4nc5c(-c6cc(-c7ccccc7)ccc6[S-])cccc5n4-c4ccc(C(C)(C)C)cc4-c4ccccc4)ccc3)cc(C(C)(C)C)cc12.[Pt+2]. The van der Waals surface area contributed by atoms with Gasteiger partial charge in [0, 0.05) is 28.5 Å². The van der Waals surface area contributed by atoms with Crippen LogP contribution >= 0.6 is 0 Å². The Hall–Kier alpha value is -5.67. The third-order valence-electron chi connectivity index (χ3n) is 11.5. The number of imidazole rings is 1. The molecule has 9 aromatic rings. The Balaban J connectivity index is 0.00000499. The number of nitrogens with zero attached hydrogens (tertiary/aromatic N) is 3. The summed E-state index contributed by atoms with van der Waals surface area (Å²) in [6.45, 7) is 15.8. The first-order valence-electron chi connectivity index (χ1n) is 20.4. The monoisotopic (exact) mass is 976 g/mol. The molecule has 9 rings (SSSR count). The number of fused-ring (bicyclic) bond motifs is 2. The molecular formula is C55H47N3PtS. The molecule has 7 aromatic carbocycles. The maximum Gasteiger partial charge on any atom is 2.00 e. The predicted octanol–water partition coefficient (Wildman–Crippen LogP) is 14.5. The number of benzene rings is 7. The molecule has 0 saturated heterocycles. The van der Waals surface area contributed by atoms with Gasteiger partial charge in [-0.25, -0.2) is 0 Å². The van der Waals surface area contributed by atoms with Crippen LogP contribution in [0.15, 0.2) is 163 Å². The van der Waals surface area contributed by atoms with Gasteiger partial charge in [-0.05, 0) is 92.4 Å². The fourth-order valence-electron chi connectivity index (χ4n) is 8.12. The Morgan fingerprint density at radius 3 is 1.92 bits per heavy atom. The smallest absolute Gasteiger partial charge is 0.779 e. The summed E-state index contributed by atoms with van der Waals surface area (Å²) in [6.07, 6.45) is 1.91. The van der Waals surface area contributed by atoms with Gasteiger partial charge in [0.25, 0.3) is 0 Å². The van der Waals surface area contributed by atoms with Crippen molar-refractivity contribution in [1.29, 1.82) is 0 Å². The number of pyridine rings is 1. The van der Waals surface area contributed by atoms with Crippen LogP contribution in [-0.2, 0) is 44.5 Å². The van der Waals surface area contributed by atoms with E-state index in [9.17, 15) is 0 Å². The first kappa shape index (κ1) is 41.1. The van der Waals surface area contributed by atoms with Crippen molar-refractivity contribution in [2.24, 2.45) is 0 Å². The van der Waals surface area contributed by atoms with Gasteiger partial charge in [0.2, 0.25) is 0 Å². The van der Waals surface area contributed by atoms with Crippen LogP contribution in [-0.4, -0.2) is 14.5 Å². The predicted molar refractivity (Wildman–Crippen MR) is 250 cm³/mol. The van der Waals surface area contributed by atoms with Gasteiger partial charge in [0.05, 0.1) is 16.9 Å². The number of aromatic nitrogens is 3. The average Bonchev–Trinajstić information content (AvgIpc) is 3.63. The van der Waals surface area contributed by atoms with Crippen LogP contribution in [0.5, 0.6) is 0 Å². The normalized spacial score (nSPS) is 11.8. The van der Waals surface area contributed by atoms with Crippen molar-refractivity contribution in [2.45, 2.75) is 64.2 Å². The Bertz CT molecular complexity index is 3030. The molecule has 5 heteroatoms. The molecule has 0 aliphatic rings. The second-order valence-electron chi connectivity index (χ2n) is 17.6. The Morgan fingerprint density at radius 1 is 0.533 bits per heavy atom. The van der Waals surface area contributed by atoms with E-state index >= 15 is 0 Å². The van der Waals surface area contributed by atoms with Crippen LogP contribution in [0, 0.1) is 13.0 Å². The molecule has 60 heavy (non-hydrogen) atoms. The quantitative estimate of drug-likeness (QED) is 0.123. The molecule has 0 N–H and O–H groups in total. The molecule has 0 spiro atoms. The van der Waals surface area contributed by atoms with E-state index in [-0.39, 0.29) is 31.9 Å². The summed E-state index contributed by atoms with van der Waals surface area (Å²) in [7, 11) is 0. The number of rotatable bonds is 6. The summed E-state index contributed by atoms with van der Waals surface area (Å²) in [5.41, 5.74) is 17.0. The van der Waals surface area contributed by atoms with E-state index in [1.54, 1.807) is 0 Å². The summed E-state index contributed by atoms with van der Waals surface area (Å²) >= 11 is 6.08. The minimum atomic E-state index is -0.0539. The molecule has 3 nitrogen and oxygen atoms in total. The summed E-state index contributed by atoms with van der Waals surface area (Å²) < 4.78 is 2.33. The van der Waals surface area contributed by atoms with Gasteiger partial charge >= 0.3 is 21.1 Å². The van der Waals surface area contributed by atoms with E-state index in [2.05, 4.69) is 199 Å². The topological polar surface area (TPSA) is 30.7 Å². The molecule has 0 saturated carbocycles. The van der Waals surface area contributed by atoms with E-state index in [4.69, 9.17) is 22.6 Å². The first-order chi connectivity index (χ1) is 28.3. The minimum absolute atomic E-state index is 0. The Labute approximate surface area is 374 Å². The molecular weight excluding hydrogens is 930 g/mol. The van der Waals surface area contributed by atoms with Crippen molar-refractivity contribution in [3.8, 4) is 61.6 Å². The molecule has 2 heterocycles. The van der Waals surface area contributed by atoms with E-state index in [0.29, 0.717) is 0 Å². The Kier molecular flexibility index (Phi) is 11.0. The summed E-state index contributed by atoms with van der Waals surface area (Å²) in [6, 6.07) is 57.9. The molecule has 0 aliphatic heterocycles. The maximum absolute atomic E-state index is 6.08. The Morgan fingerprint density at radius 2 is 1.20 bits per heavy atom. The molecule has 0 atom stereocenters. The van der Waals surface area contributed by atoms with Gasteiger partial charge in [-0.3, -0.25) is 9.97 Å². The fraction of sp³-hybridized carbons (Fsp3) is 0.164. The summed E-state index contributed by atoms with van der Waals surface area (Å²) in [4.78, 5) is 11.4. The van der Waals surface area contributed by atoms with E-state index in [0.717, 1.165) is 88.4 Å². The minimum Gasteiger partial charge on any atom is -0.779 e. The van der Waals surface area contributed by atoms with Crippen LogP contribution in [0.3, 0.4) is 0 Å². The van der Waals surface area contributed by atoms with Gasteiger partial charge in [0.1, 0.15) is 0 Å². The van der Waals surface area contributed by atoms with Crippen molar-refractivity contribution in [2.75, 3.05) is 0 Å². The standard InChI is InChI=1S/C55H48N3S.Pt/c1-35-28-29-56-51-44(35)33-42(55(5,6)7)34-46(51)39-20-14-21-40(30-39)53-57-52-43(47-31-38(24-27-50(47)59)36-16-10-8-11-17-36)22-15-23-49(52)58(53)48-26-25-41(54(2,3)4)32-45(48)37-18-12-9-13-19-37;/h8-29,31-34,59H,1-7H3;/q-1;+2/p-1. The average molecular weight is 977 g/mol. The van der Waals surface area contributed by atoms with E-state index in [1.807, 2.05) is 18.3 Å². The van der Waals surface area contributed by atoms with Crippen LogP contribution in [0.2, 0.25) is 0 Å². The number of aryl methyl sites for hydroxylation is 1. The molecule has 298 valence electrons. The third-order valence-corrected chi connectivity index (χ3v) is 11.9. The van der Waals surface area contributed by atoms with Gasteiger partial charge in [-0.1, -0.05) is 156 Å². The van der Waals surface area contributed by atoms with Crippen molar-refractivity contribution in [3.63, 3.8) is 0 Å². The van der Waals surface area contributed by atoms with Crippen molar-refractivity contribution >= 4 is 34.6 Å². The molecule has 0 radical (unpaired) electrons. The molecule has 0 amide bonds. The zero-order valence-electron chi connectivity index (χ0n) is 35.1. The summed E-state index contributed by atoms with van der Waals surface area (Å²) in [5.74, 6) is 0.806. The van der Waals surface area contributed by atoms with Crippen LogP contribution in [0.4, 0.5) is 0 Å². The van der Waals surface area contributed by atoms with E-state index < -0.39 is 0 Å². The number of hydrogen-bond donors (Lipinski definition) is 0. The first-order valence-corrected chi connectivity index (χ1v) is 20.8. The van der Waals surface area contributed by atoms with Crippen molar-refractivity contribution < 1.29 is 21.1 Å². The second-order valence-corrected chi connectivity index (χ2v) is 18.1. The van der Waals surface area contributed by atoms with Crippen molar-refractivity contribution in [3.05, 3.63) is 181 Å². The molecule has 0 fully saturated rings. The van der Waals surface area contributed by atoms with Gasteiger partial charge in [0.15, 0.2) is 0 Å². The third kappa shape index (κ3) is 7.64. The molecule has 0 aliphatic carbocycles. The van der Waals surface area contributed by atoms with Crippen LogP contribution < -0.4 is 0 Å². The maximum atomic E-state index is 6.08. The van der Waals surface area contributed by atoms with Gasteiger partial charge in [-0.2, -0.15) is 4.90 Å². The molecule has 0 bridgehead atoms. The van der Waals surface area contributed by atoms with Crippen molar-refractivity contribution in [1.82, 2.24) is 14.5 Å². The second kappa shape index (κ2) is 16.1. The van der Waals surface area contributed by atoms with Gasteiger partial charge < -0.3 is 17.2 Å². The van der Waals surface area contributed by atoms with Gasteiger partial charge in [-0.15, -0.1) is 29.8 Å². The fourth-order valence-corrected chi connectivity index (χ4v) is 8.36. The molecule has 0 unspecified atom stereocenters. The zero-order chi connectivity index (χ0) is 41.1. The van der Waals surface area contributed by atoms with Crippen LogP contribution in [0.25, 0.3) is 83.5 Å². The van der Waals surface area contributed by atoms with Crippen LogP contribution in [0.1, 0.15) is 58.2 Å². The largest absolute Gasteiger partial charge is 2.00 e. The summed E-state index contributed by atoms with van der Waals surface area (Å²) in [5, 5.41) is 1.16. The number of para-hydroxylation sites is 1.